The van der Waals surface area contributed by atoms with E-state index in [9.17, 15) is 9.59 Å². The monoisotopic (exact) mass is 472 g/mol. The van der Waals surface area contributed by atoms with E-state index in [0.29, 0.717) is 59.1 Å². The molecule has 0 aromatic heterocycles. The predicted octanol–water partition coefficient (Wildman–Crippen LogP) is 3.44. The average Bonchev–Trinajstić information content (AvgIpc) is 2.88. The largest absolute Gasteiger partial charge is 0.497 e. The smallest absolute Gasteiger partial charge is 0.251 e. The van der Waals surface area contributed by atoms with Gasteiger partial charge in [-0.05, 0) is 54.3 Å². The predicted molar refractivity (Wildman–Crippen MR) is 128 cm³/mol. The van der Waals surface area contributed by atoms with Crippen molar-refractivity contribution in [3.63, 3.8) is 0 Å². The van der Waals surface area contributed by atoms with Crippen molar-refractivity contribution in [3.8, 4) is 23.0 Å². The van der Waals surface area contributed by atoms with Crippen molar-refractivity contribution in [2.45, 2.75) is 25.7 Å². The SMILES string of the molecule is COc1ccc(C(=Cc2cc(OC)c(OC)c(OC)c2)C(=O)NCCCCCC(=O)NO)cc1. The van der Waals surface area contributed by atoms with Crippen LogP contribution in [0.1, 0.15) is 36.8 Å². The van der Waals surface area contributed by atoms with E-state index in [4.69, 9.17) is 24.2 Å². The normalized spacial score (nSPS) is 10.9. The number of benzene rings is 2. The van der Waals surface area contributed by atoms with Crippen LogP contribution < -0.4 is 29.7 Å². The highest BCUT2D eigenvalue weighted by molar-refractivity contribution is 6.24. The molecule has 0 aliphatic carbocycles. The van der Waals surface area contributed by atoms with Crippen molar-refractivity contribution in [1.82, 2.24) is 10.8 Å². The number of methoxy groups -OCH3 is 4. The van der Waals surface area contributed by atoms with E-state index in [-0.39, 0.29) is 12.3 Å². The van der Waals surface area contributed by atoms with E-state index in [0.717, 1.165) is 6.42 Å². The van der Waals surface area contributed by atoms with Crippen LogP contribution in [0.2, 0.25) is 0 Å². The van der Waals surface area contributed by atoms with Gasteiger partial charge in [0.05, 0.1) is 28.4 Å². The topological polar surface area (TPSA) is 115 Å². The molecule has 2 rings (SSSR count). The third kappa shape index (κ3) is 7.41. The van der Waals surface area contributed by atoms with Gasteiger partial charge in [-0.25, -0.2) is 5.48 Å². The van der Waals surface area contributed by atoms with Gasteiger partial charge in [-0.15, -0.1) is 0 Å². The number of hydrogen-bond donors (Lipinski definition) is 3. The van der Waals surface area contributed by atoms with Gasteiger partial charge >= 0.3 is 0 Å². The summed E-state index contributed by atoms with van der Waals surface area (Å²) in [6.07, 6.45) is 4.05. The Labute approximate surface area is 199 Å². The summed E-state index contributed by atoms with van der Waals surface area (Å²) in [7, 11) is 6.18. The lowest BCUT2D eigenvalue weighted by Crippen LogP contribution is -2.25. The molecule has 0 bridgehead atoms. The van der Waals surface area contributed by atoms with E-state index >= 15 is 0 Å². The van der Waals surface area contributed by atoms with Crippen LogP contribution in [0.3, 0.4) is 0 Å². The summed E-state index contributed by atoms with van der Waals surface area (Å²) in [5.41, 5.74) is 3.48. The summed E-state index contributed by atoms with van der Waals surface area (Å²) in [6.45, 7) is 0.447. The molecule has 2 amide bonds. The molecule has 184 valence electrons. The zero-order chi connectivity index (χ0) is 24.9. The number of unbranched alkanes of at least 4 members (excludes halogenated alkanes) is 2. The van der Waals surface area contributed by atoms with Crippen molar-refractivity contribution in [2.75, 3.05) is 35.0 Å². The third-order valence-electron chi connectivity index (χ3n) is 5.13. The van der Waals surface area contributed by atoms with Crippen LogP contribution in [0.4, 0.5) is 0 Å². The Bertz CT molecular complexity index is 962. The first-order valence-corrected chi connectivity index (χ1v) is 10.8. The molecule has 0 aliphatic heterocycles. The Morgan fingerprint density at radius 2 is 1.53 bits per heavy atom. The van der Waals surface area contributed by atoms with Crippen LogP contribution in [-0.4, -0.2) is 52.0 Å². The standard InChI is InChI=1S/C25H32N2O7/c1-31-19-11-9-18(10-12-19)20(25(29)26-13-7-5-6-8-23(28)27-30)14-17-15-21(32-2)24(34-4)22(16-17)33-3/h9-12,14-16,30H,5-8,13H2,1-4H3,(H,26,29)(H,27,28). The lowest BCUT2D eigenvalue weighted by molar-refractivity contribution is -0.129. The number of hydroxylamine groups is 1. The molecule has 3 N–H and O–H groups in total. The molecule has 0 radical (unpaired) electrons. The van der Waals surface area contributed by atoms with Gasteiger partial charge in [-0.2, -0.15) is 0 Å². The summed E-state index contributed by atoms with van der Waals surface area (Å²) in [4.78, 5) is 24.2. The first-order chi connectivity index (χ1) is 16.5. The van der Waals surface area contributed by atoms with Gasteiger partial charge in [0.1, 0.15) is 5.75 Å². The summed E-state index contributed by atoms with van der Waals surface area (Å²) < 4.78 is 21.5. The van der Waals surface area contributed by atoms with Gasteiger partial charge in [0.15, 0.2) is 11.5 Å². The van der Waals surface area contributed by atoms with E-state index in [1.54, 1.807) is 42.9 Å². The second-order valence-corrected chi connectivity index (χ2v) is 7.35. The molecule has 0 heterocycles. The Kier molecular flexibility index (Phi) is 10.7. The molecule has 0 spiro atoms. The molecular weight excluding hydrogens is 440 g/mol. The maximum absolute atomic E-state index is 13.1. The number of carbonyl (C=O) groups is 2. The number of carbonyl (C=O) groups excluding carboxylic acids is 2. The molecule has 0 saturated heterocycles. The van der Waals surface area contributed by atoms with Crippen molar-refractivity contribution >= 4 is 23.5 Å². The fourth-order valence-corrected chi connectivity index (χ4v) is 3.34. The summed E-state index contributed by atoms with van der Waals surface area (Å²) in [5, 5.41) is 11.5. The Hall–Kier alpha value is -3.72. The fraction of sp³-hybridized carbons (Fsp3) is 0.360. The number of rotatable bonds is 13. The number of hydrogen-bond acceptors (Lipinski definition) is 7. The van der Waals surface area contributed by atoms with Gasteiger partial charge in [-0.1, -0.05) is 18.6 Å². The zero-order valence-electron chi connectivity index (χ0n) is 20.0. The van der Waals surface area contributed by atoms with Gasteiger partial charge in [0.25, 0.3) is 5.91 Å². The van der Waals surface area contributed by atoms with Crippen LogP contribution in [0.15, 0.2) is 36.4 Å². The highest BCUT2D eigenvalue weighted by Gasteiger charge is 2.16. The van der Waals surface area contributed by atoms with Crippen LogP contribution in [0.5, 0.6) is 23.0 Å². The Morgan fingerprint density at radius 3 is 2.06 bits per heavy atom. The van der Waals surface area contributed by atoms with Gasteiger partial charge in [0, 0.05) is 18.5 Å². The second kappa shape index (κ2) is 13.7. The Balaban J connectivity index is 2.27. The third-order valence-corrected chi connectivity index (χ3v) is 5.13. The van der Waals surface area contributed by atoms with Gasteiger partial charge in [0.2, 0.25) is 11.7 Å². The minimum atomic E-state index is -0.417. The molecular formula is C25H32N2O7. The van der Waals surface area contributed by atoms with Crippen LogP contribution >= 0.6 is 0 Å². The maximum atomic E-state index is 13.1. The van der Waals surface area contributed by atoms with Crippen LogP contribution in [0.25, 0.3) is 11.6 Å². The maximum Gasteiger partial charge on any atom is 0.251 e. The van der Waals surface area contributed by atoms with Crippen molar-refractivity contribution in [2.24, 2.45) is 0 Å². The van der Waals surface area contributed by atoms with Crippen molar-refractivity contribution in [3.05, 3.63) is 47.5 Å². The highest BCUT2D eigenvalue weighted by Crippen LogP contribution is 2.39. The fourth-order valence-electron chi connectivity index (χ4n) is 3.34. The molecule has 0 aliphatic rings. The molecule has 2 aromatic rings. The van der Waals surface area contributed by atoms with E-state index in [1.807, 2.05) is 12.1 Å². The minimum Gasteiger partial charge on any atom is -0.497 e. The molecule has 0 atom stereocenters. The lowest BCUT2D eigenvalue weighted by atomic mass is 10.0. The first kappa shape index (κ1) is 26.5. The molecule has 0 unspecified atom stereocenters. The highest BCUT2D eigenvalue weighted by atomic mass is 16.5. The molecule has 0 saturated carbocycles. The van der Waals surface area contributed by atoms with Gasteiger partial charge in [-0.3, -0.25) is 14.8 Å². The van der Waals surface area contributed by atoms with Crippen molar-refractivity contribution < 1.29 is 33.7 Å². The average molecular weight is 473 g/mol. The first-order valence-electron chi connectivity index (χ1n) is 10.8. The molecule has 2 aromatic carbocycles. The summed E-state index contributed by atoms with van der Waals surface area (Å²) in [6, 6.07) is 10.7. The Morgan fingerprint density at radius 1 is 0.882 bits per heavy atom. The summed E-state index contributed by atoms with van der Waals surface area (Å²) in [5.74, 6) is 1.45. The van der Waals surface area contributed by atoms with E-state index in [2.05, 4.69) is 5.32 Å². The number of nitrogens with one attached hydrogen (secondary N) is 2. The molecule has 9 heteroatoms. The van der Waals surface area contributed by atoms with Crippen molar-refractivity contribution in [1.29, 1.82) is 0 Å². The van der Waals surface area contributed by atoms with Gasteiger partial charge < -0.3 is 24.3 Å². The van der Waals surface area contributed by atoms with Crippen LogP contribution in [0, 0.1) is 0 Å². The number of amides is 2. The molecule has 34 heavy (non-hydrogen) atoms. The summed E-state index contributed by atoms with van der Waals surface area (Å²) >= 11 is 0. The molecule has 0 fully saturated rings. The van der Waals surface area contributed by atoms with E-state index in [1.165, 1.54) is 21.3 Å². The number of ether oxygens (including phenoxy) is 4. The minimum absolute atomic E-state index is 0.239. The molecule has 9 nitrogen and oxygen atoms in total. The van der Waals surface area contributed by atoms with E-state index < -0.39 is 5.91 Å². The second-order valence-electron chi connectivity index (χ2n) is 7.35. The quantitative estimate of drug-likeness (QED) is 0.134. The van der Waals surface area contributed by atoms with Crippen LogP contribution in [-0.2, 0) is 9.59 Å². The lowest BCUT2D eigenvalue weighted by Gasteiger charge is -2.14. The zero-order valence-corrected chi connectivity index (χ0v) is 20.0.